The van der Waals surface area contributed by atoms with E-state index in [1.807, 2.05) is 0 Å². The molecule has 44 heavy (non-hydrogen) atoms. The minimum absolute atomic E-state index is 0.271. The topological polar surface area (TPSA) is 4.93 Å². The SMILES string of the molecule is CC1C=Cc2c(c3c4n2-c2cc(C5=C6C=CC=CC6C(c6ccc7ccccc7c6)c6ccccc65)ccc2C4CC=C3)C1. The molecule has 10 rings (SSSR count). The van der Waals surface area contributed by atoms with Crippen LogP contribution >= 0.6 is 0 Å². The van der Waals surface area contributed by atoms with E-state index in [2.05, 4.69) is 145 Å². The molecule has 0 fully saturated rings. The van der Waals surface area contributed by atoms with E-state index in [9.17, 15) is 0 Å². The molecular formula is C43H33N. The number of hydrogen-bond acceptors (Lipinski definition) is 0. The van der Waals surface area contributed by atoms with Gasteiger partial charge in [0.1, 0.15) is 0 Å². The molecule has 5 aromatic rings. The van der Waals surface area contributed by atoms with Crippen molar-refractivity contribution in [1.82, 2.24) is 4.57 Å². The van der Waals surface area contributed by atoms with E-state index in [-0.39, 0.29) is 11.8 Å². The third kappa shape index (κ3) is 3.30. The van der Waals surface area contributed by atoms with E-state index >= 15 is 0 Å². The number of aromatic nitrogens is 1. The van der Waals surface area contributed by atoms with Crippen LogP contribution in [0.25, 0.3) is 34.2 Å². The third-order valence-corrected chi connectivity index (χ3v) is 10.8. The van der Waals surface area contributed by atoms with Gasteiger partial charge in [-0.1, -0.05) is 128 Å². The zero-order chi connectivity index (χ0) is 28.9. The van der Waals surface area contributed by atoms with Crippen LogP contribution in [0, 0.1) is 11.8 Å². The second kappa shape index (κ2) is 9.07. The lowest BCUT2D eigenvalue weighted by Gasteiger charge is -2.37. The lowest BCUT2D eigenvalue weighted by atomic mass is 9.66. The number of fused-ring (bicyclic) bond motifs is 9. The van der Waals surface area contributed by atoms with Gasteiger partial charge in [0.2, 0.25) is 0 Å². The molecule has 0 spiro atoms. The highest BCUT2D eigenvalue weighted by atomic mass is 15.0. The van der Waals surface area contributed by atoms with E-state index in [1.54, 1.807) is 0 Å². The summed E-state index contributed by atoms with van der Waals surface area (Å²) in [6.45, 7) is 2.34. The molecule has 4 unspecified atom stereocenters. The van der Waals surface area contributed by atoms with Crippen molar-refractivity contribution in [2.45, 2.75) is 31.6 Å². The maximum Gasteiger partial charge on any atom is 0.0504 e. The Morgan fingerprint density at radius 1 is 0.750 bits per heavy atom. The molecule has 0 radical (unpaired) electrons. The molecular weight excluding hydrogens is 530 g/mol. The van der Waals surface area contributed by atoms with Crippen LogP contribution in [0.3, 0.4) is 0 Å². The quantitative estimate of drug-likeness (QED) is 0.201. The molecule has 1 heteroatoms. The van der Waals surface area contributed by atoms with Crippen LogP contribution in [-0.2, 0) is 6.42 Å². The van der Waals surface area contributed by atoms with Gasteiger partial charge in [-0.15, -0.1) is 0 Å². The molecule has 0 saturated carbocycles. The summed E-state index contributed by atoms with van der Waals surface area (Å²) in [4.78, 5) is 0. The van der Waals surface area contributed by atoms with Gasteiger partial charge in [0.25, 0.3) is 0 Å². The molecule has 4 aromatic carbocycles. The van der Waals surface area contributed by atoms with Gasteiger partial charge < -0.3 is 4.57 Å². The summed E-state index contributed by atoms with van der Waals surface area (Å²) in [6.07, 6.45) is 21.1. The molecule has 0 N–H and O–H groups in total. The van der Waals surface area contributed by atoms with Crippen molar-refractivity contribution in [3.05, 3.63) is 177 Å². The fraction of sp³-hybridized carbons (Fsp3) is 0.163. The number of allylic oxidation sites excluding steroid dienone is 7. The molecule has 1 aliphatic heterocycles. The summed E-state index contributed by atoms with van der Waals surface area (Å²) in [5.74, 6) is 1.59. The molecule has 1 aromatic heterocycles. The van der Waals surface area contributed by atoms with Crippen molar-refractivity contribution in [1.29, 1.82) is 0 Å². The van der Waals surface area contributed by atoms with Gasteiger partial charge in [-0.25, -0.2) is 0 Å². The zero-order valence-electron chi connectivity index (χ0n) is 24.9. The molecule has 0 saturated heterocycles. The van der Waals surface area contributed by atoms with E-state index in [0.29, 0.717) is 11.8 Å². The highest BCUT2D eigenvalue weighted by Gasteiger charge is 2.39. The molecule has 0 amide bonds. The second-order valence-electron chi connectivity index (χ2n) is 13.3. The summed E-state index contributed by atoms with van der Waals surface area (Å²) in [7, 11) is 0. The summed E-state index contributed by atoms with van der Waals surface area (Å²) in [5.41, 5.74) is 17.1. The summed E-state index contributed by atoms with van der Waals surface area (Å²) < 4.78 is 2.62. The molecule has 210 valence electrons. The Morgan fingerprint density at radius 3 is 2.59 bits per heavy atom. The average Bonchev–Trinajstić information content (AvgIpc) is 3.58. The Labute approximate surface area is 258 Å². The van der Waals surface area contributed by atoms with Gasteiger partial charge in [0.15, 0.2) is 0 Å². The van der Waals surface area contributed by atoms with E-state index < -0.39 is 0 Å². The van der Waals surface area contributed by atoms with Gasteiger partial charge >= 0.3 is 0 Å². The van der Waals surface area contributed by atoms with E-state index in [4.69, 9.17) is 0 Å². The zero-order valence-corrected chi connectivity index (χ0v) is 24.9. The Morgan fingerprint density at radius 2 is 1.64 bits per heavy atom. The molecule has 5 aliphatic rings. The number of benzene rings is 4. The summed E-state index contributed by atoms with van der Waals surface area (Å²) in [6, 6.07) is 32.3. The first kappa shape index (κ1) is 24.6. The highest BCUT2D eigenvalue weighted by molar-refractivity contribution is 5.91. The Balaban J connectivity index is 1.18. The molecule has 0 bridgehead atoms. The maximum atomic E-state index is 2.62. The van der Waals surface area contributed by atoms with Crippen molar-refractivity contribution in [2.75, 3.05) is 0 Å². The van der Waals surface area contributed by atoms with Crippen LogP contribution in [-0.4, -0.2) is 4.57 Å². The van der Waals surface area contributed by atoms with Crippen LogP contribution in [0.2, 0.25) is 0 Å². The number of nitrogens with zero attached hydrogens (tertiary/aromatic N) is 1. The Bertz CT molecular complexity index is 2210. The molecule has 4 aliphatic carbocycles. The molecule has 4 atom stereocenters. The highest BCUT2D eigenvalue weighted by Crippen LogP contribution is 2.53. The van der Waals surface area contributed by atoms with E-state index in [1.165, 1.54) is 77.9 Å². The smallest absolute Gasteiger partial charge is 0.0504 e. The van der Waals surface area contributed by atoms with Crippen LogP contribution in [0.1, 0.15) is 75.5 Å². The van der Waals surface area contributed by atoms with Crippen molar-refractivity contribution < 1.29 is 0 Å². The normalized spacial score (nSPS) is 23.4. The van der Waals surface area contributed by atoms with E-state index in [0.717, 1.165) is 12.8 Å². The fourth-order valence-corrected chi connectivity index (χ4v) is 8.95. The van der Waals surface area contributed by atoms with Crippen LogP contribution < -0.4 is 0 Å². The fourth-order valence-electron chi connectivity index (χ4n) is 8.95. The first-order valence-corrected chi connectivity index (χ1v) is 16.2. The lowest BCUT2D eigenvalue weighted by Crippen LogP contribution is -2.22. The summed E-state index contributed by atoms with van der Waals surface area (Å²) in [5, 5.41) is 2.60. The standard InChI is InChI=1S/C43H33N/c1-26-17-22-39-38(23-26)37-16-8-15-36-31-21-20-30(25-40(31)44(39)43(36)37)42-34-13-6-4-11-32(34)41(33-12-5-7-14-35(33)42)29-19-18-27-9-2-3-10-28(27)24-29/h2-14,16-22,24-26,32,36,41H,15,23H2,1H3. The van der Waals surface area contributed by atoms with Crippen molar-refractivity contribution >= 4 is 28.5 Å². The predicted molar refractivity (Wildman–Crippen MR) is 183 cm³/mol. The van der Waals surface area contributed by atoms with Gasteiger partial charge in [0.05, 0.1) is 5.69 Å². The Kier molecular flexibility index (Phi) is 5.06. The third-order valence-electron chi connectivity index (χ3n) is 10.8. The van der Waals surface area contributed by atoms with Crippen molar-refractivity contribution in [3.63, 3.8) is 0 Å². The first-order chi connectivity index (χ1) is 21.7. The minimum Gasteiger partial charge on any atom is -0.312 e. The predicted octanol–water partition coefficient (Wildman–Crippen LogP) is 10.4. The Hall–Kier alpha value is -4.88. The van der Waals surface area contributed by atoms with Gasteiger partial charge in [-0.2, -0.15) is 0 Å². The van der Waals surface area contributed by atoms with Crippen LogP contribution in [0.4, 0.5) is 0 Å². The average molecular weight is 564 g/mol. The van der Waals surface area contributed by atoms with Gasteiger partial charge in [-0.3, -0.25) is 0 Å². The monoisotopic (exact) mass is 563 g/mol. The first-order valence-electron chi connectivity index (χ1n) is 16.2. The second-order valence-corrected chi connectivity index (χ2v) is 13.3. The van der Waals surface area contributed by atoms with Crippen LogP contribution in [0.5, 0.6) is 0 Å². The largest absolute Gasteiger partial charge is 0.312 e. The molecule has 2 heterocycles. The van der Waals surface area contributed by atoms with Crippen LogP contribution in [0.15, 0.2) is 127 Å². The van der Waals surface area contributed by atoms with Gasteiger partial charge in [0, 0.05) is 29.1 Å². The molecule has 1 nitrogen and oxygen atoms in total. The summed E-state index contributed by atoms with van der Waals surface area (Å²) >= 11 is 0. The number of rotatable bonds is 2. The number of hydrogen-bond donors (Lipinski definition) is 0. The minimum atomic E-state index is 0.271. The van der Waals surface area contributed by atoms with Crippen molar-refractivity contribution in [3.8, 4) is 5.69 Å². The lowest BCUT2D eigenvalue weighted by molar-refractivity contribution is 0.649. The van der Waals surface area contributed by atoms with Crippen molar-refractivity contribution in [2.24, 2.45) is 11.8 Å². The van der Waals surface area contributed by atoms with Gasteiger partial charge in [-0.05, 0) is 91.8 Å². The maximum absolute atomic E-state index is 2.62.